The number of aryl methyl sites for hydroxylation is 1. The van der Waals surface area contributed by atoms with Crippen LogP contribution in [0.3, 0.4) is 0 Å². The Morgan fingerprint density at radius 3 is 2.76 bits per heavy atom. The molecule has 1 atom stereocenters. The minimum Gasteiger partial charge on any atom is -0.396 e. The van der Waals surface area contributed by atoms with Crippen molar-refractivity contribution < 1.29 is 13.2 Å². The highest BCUT2D eigenvalue weighted by Crippen LogP contribution is 2.22. The van der Waals surface area contributed by atoms with Gasteiger partial charge in [-0.2, -0.15) is 5.10 Å². The number of amides is 1. The van der Waals surface area contributed by atoms with Crippen LogP contribution < -0.4 is 5.73 Å². The van der Waals surface area contributed by atoms with Crippen molar-refractivity contribution in [3.8, 4) is 0 Å². The summed E-state index contributed by atoms with van der Waals surface area (Å²) in [6, 6.07) is -0.261. The molecule has 0 aromatic carbocycles. The Balaban J connectivity index is 2.26. The Bertz CT molecular complexity index is 604. The van der Waals surface area contributed by atoms with Crippen molar-refractivity contribution >= 4 is 21.4 Å². The molecular formula is C13H22N4O3S. The highest BCUT2D eigenvalue weighted by Gasteiger charge is 2.35. The molecule has 0 aliphatic carbocycles. The van der Waals surface area contributed by atoms with Gasteiger partial charge < -0.3 is 10.6 Å². The smallest absolute Gasteiger partial charge is 0.274 e. The van der Waals surface area contributed by atoms with Crippen molar-refractivity contribution in [3.63, 3.8) is 0 Å². The van der Waals surface area contributed by atoms with Crippen molar-refractivity contribution in [2.24, 2.45) is 7.05 Å². The summed E-state index contributed by atoms with van der Waals surface area (Å²) < 4.78 is 24.8. The van der Waals surface area contributed by atoms with Crippen LogP contribution in [-0.2, 0) is 16.9 Å². The summed E-state index contributed by atoms with van der Waals surface area (Å²) in [6.07, 6.45) is 3.70. The molecule has 21 heavy (non-hydrogen) atoms. The second-order valence-corrected chi connectivity index (χ2v) is 7.71. The molecule has 0 radical (unpaired) electrons. The number of unbranched alkanes of at least 4 members (excludes halogenated alkanes) is 1. The summed E-state index contributed by atoms with van der Waals surface area (Å²) in [7, 11) is -1.38. The van der Waals surface area contributed by atoms with Gasteiger partial charge in [0, 0.05) is 19.6 Å². The number of sulfone groups is 1. The fraction of sp³-hybridized carbons (Fsp3) is 0.692. The third-order valence-corrected chi connectivity index (χ3v) is 5.58. The van der Waals surface area contributed by atoms with Crippen LogP contribution >= 0.6 is 0 Å². The zero-order chi connectivity index (χ0) is 15.6. The van der Waals surface area contributed by atoms with E-state index in [0.717, 1.165) is 12.8 Å². The fourth-order valence-electron chi connectivity index (χ4n) is 2.65. The van der Waals surface area contributed by atoms with Crippen molar-refractivity contribution in [1.29, 1.82) is 0 Å². The molecule has 2 rings (SSSR count). The SMILES string of the molecule is CCCCN(C(=O)c1c(N)cnn1C)C1CCS(=O)(=O)C1. The van der Waals surface area contributed by atoms with E-state index in [4.69, 9.17) is 5.73 Å². The van der Waals surface area contributed by atoms with Crippen LogP contribution in [-0.4, -0.2) is 53.1 Å². The van der Waals surface area contributed by atoms with Gasteiger partial charge in [0.2, 0.25) is 0 Å². The topological polar surface area (TPSA) is 98.3 Å². The average molecular weight is 314 g/mol. The number of hydrogen-bond acceptors (Lipinski definition) is 5. The van der Waals surface area contributed by atoms with Crippen molar-refractivity contribution in [1.82, 2.24) is 14.7 Å². The van der Waals surface area contributed by atoms with Crippen LogP contribution in [0.4, 0.5) is 5.69 Å². The van der Waals surface area contributed by atoms with Crippen LogP contribution in [0, 0.1) is 0 Å². The molecule has 1 aliphatic rings. The molecule has 1 aromatic rings. The zero-order valence-electron chi connectivity index (χ0n) is 12.4. The molecule has 8 heteroatoms. The molecule has 7 nitrogen and oxygen atoms in total. The van der Waals surface area contributed by atoms with E-state index in [2.05, 4.69) is 5.10 Å². The summed E-state index contributed by atoms with van der Waals surface area (Å²) in [5, 5.41) is 3.98. The molecule has 1 amide bonds. The number of carbonyl (C=O) groups is 1. The summed E-state index contributed by atoms with van der Waals surface area (Å²) in [4.78, 5) is 14.4. The highest BCUT2D eigenvalue weighted by molar-refractivity contribution is 7.91. The maximum atomic E-state index is 12.7. The zero-order valence-corrected chi connectivity index (χ0v) is 13.3. The lowest BCUT2D eigenvalue weighted by Gasteiger charge is -2.28. The number of aromatic nitrogens is 2. The van der Waals surface area contributed by atoms with Gasteiger partial charge in [-0.15, -0.1) is 0 Å². The largest absolute Gasteiger partial charge is 0.396 e. The van der Waals surface area contributed by atoms with E-state index in [1.165, 1.54) is 10.9 Å². The quantitative estimate of drug-likeness (QED) is 0.850. The average Bonchev–Trinajstić information content (AvgIpc) is 2.93. The van der Waals surface area contributed by atoms with Gasteiger partial charge in [-0.1, -0.05) is 13.3 Å². The first kappa shape index (κ1) is 15.8. The van der Waals surface area contributed by atoms with Crippen LogP contribution in [0.25, 0.3) is 0 Å². The first-order valence-corrected chi connectivity index (χ1v) is 8.96. The lowest BCUT2D eigenvalue weighted by atomic mass is 10.1. The minimum atomic E-state index is -3.04. The second kappa shape index (κ2) is 6.05. The normalized spacial score (nSPS) is 20.6. The van der Waals surface area contributed by atoms with E-state index in [1.807, 2.05) is 6.92 Å². The predicted octanol–water partition coefficient (Wildman–Crippen LogP) is 0.432. The van der Waals surface area contributed by atoms with Crippen LogP contribution in [0.5, 0.6) is 0 Å². The first-order chi connectivity index (χ1) is 9.85. The van der Waals surface area contributed by atoms with Gasteiger partial charge in [0.1, 0.15) is 5.69 Å². The summed E-state index contributed by atoms with van der Waals surface area (Å²) in [6.45, 7) is 2.58. The van der Waals surface area contributed by atoms with Gasteiger partial charge >= 0.3 is 0 Å². The Morgan fingerprint density at radius 1 is 1.57 bits per heavy atom. The van der Waals surface area contributed by atoms with E-state index in [0.29, 0.717) is 24.3 Å². The van der Waals surface area contributed by atoms with E-state index in [-0.39, 0.29) is 23.5 Å². The first-order valence-electron chi connectivity index (χ1n) is 7.14. The molecule has 1 saturated heterocycles. The van der Waals surface area contributed by atoms with Gasteiger partial charge in [-0.3, -0.25) is 9.48 Å². The van der Waals surface area contributed by atoms with Crippen molar-refractivity contribution in [3.05, 3.63) is 11.9 Å². The molecule has 118 valence electrons. The molecule has 2 heterocycles. The number of nitrogen functional groups attached to an aromatic ring is 1. The molecule has 0 spiro atoms. The molecule has 1 aromatic heterocycles. The van der Waals surface area contributed by atoms with Gasteiger partial charge in [0.05, 0.1) is 23.4 Å². The summed E-state index contributed by atoms with van der Waals surface area (Å²) in [5.41, 5.74) is 6.46. The molecule has 2 N–H and O–H groups in total. The predicted molar refractivity (Wildman–Crippen MR) is 80.6 cm³/mol. The molecule has 0 bridgehead atoms. The Labute approximate surface area is 125 Å². The number of rotatable bonds is 5. The lowest BCUT2D eigenvalue weighted by Crippen LogP contribution is -2.42. The molecule has 1 aliphatic heterocycles. The van der Waals surface area contributed by atoms with Crippen molar-refractivity contribution in [2.45, 2.75) is 32.2 Å². The fourth-order valence-corrected chi connectivity index (χ4v) is 4.38. The maximum Gasteiger partial charge on any atom is 0.274 e. The standard InChI is InChI=1S/C13H22N4O3S/c1-3-4-6-17(10-5-7-21(19,20)9-10)13(18)12-11(14)8-15-16(12)2/h8,10H,3-7,9,14H2,1-2H3. The third kappa shape index (κ3) is 3.37. The summed E-state index contributed by atoms with van der Waals surface area (Å²) >= 11 is 0. The van der Waals surface area contributed by atoms with Gasteiger partial charge in [0.15, 0.2) is 9.84 Å². The van der Waals surface area contributed by atoms with Crippen LogP contribution in [0.1, 0.15) is 36.7 Å². The van der Waals surface area contributed by atoms with Crippen molar-refractivity contribution in [2.75, 3.05) is 23.8 Å². The van der Waals surface area contributed by atoms with Crippen LogP contribution in [0.2, 0.25) is 0 Å². The number of carbonyl (C=O) groups excluding carboxylic acids is 1. The Morgan fingerprint density at radius 2 is 2.29 bits per heavy atom. The molecule has 0 saturated carbocycles. The third-order valence-electron chi connectivity index (χ3n) is 3.83. The number of anilines is 1. The van der Waals surface area contributed by atoms with Gasteiger partial charge in [-0.05, 0) is 12.8 Å². The summed E-state index contributed by atoms with van der Waals surface area (Å²) in [5.74, 6) is -0.0441. The molecule has 1 unspecified atom stereocenters. The van der Waals surface area contributed by atoms with Gasteiger partial charge in [-0.25, -0.2) is 8.42 Å². The minimum absolute atomic E-state index is 0.0419. The van der Waals surface area contributed by atoms with Crippen LogP contribution in [0.15, 0.2) is 6.20 Å². The monoisotopic (exact) mass is 314 g/mol. The van der Waals surface area contributed by atoms with E-state index < -0.39 is 9.84 Å². The second-order valence-electron chi connectivity index (χ2n) is 5.48. The van der Waals surface area contributed by atoms with E-state index in [1.54, 1.807) is 11.9 Å². The number of nitrogens with two attached hydrogens (primary N) is 1. The maximum absolute atomic E-state index is 12.7. The van der Waals surface area contributed by atoms with E-state index >= 15 is 0 Å². The van der Waals surface area contributed by atoms with E-state index in [9.17, 15) is 13.2 Å². The highest BCUT2D eigenvalue weighted by atomic mass is 32.2. The number of hydrogen-bond donors (Lipinski definition) is 1. The lowest BCUT2D eigenvalue weighted by molar-refractivity contribution is 0.0684. The molecule has 1 fully saturated rings. The van der Waals surface area contributed by atoms with Gasteiger partial charge in [0.25, 0.3) is 5.91 Å². The Hall–Kier alpha value is -1.57. The number of nitrogens with zero attached hydrogens (tertiary/aromatic N) is 3. The molecular weight excluding hydrogens is 292 g/mol. The Kier molecular flexibility index (Phi) is 4.55.